The lowest BCUT2D eigenvalue weighted by molar-refractivity contribution is -0.143. The van der Waals surface area contributed by atoms with Crippen molar-refractivity contribution in [3.8, 4) is 0 Å². The number of aliphatic hydroxyl groups is 1. The normalized spacial score (nSPS) is 14.8. The quantitative estimate of drug-likeness (QED) is 0.204. The predicted octanol–water partition coefficient (Wildman–Crippen LogP) is 0.271. The molecule has 0 saturated heterocycles. The Morgan fingerprint density at radius 2 is 1.50 bits per heavy atom. The van der Waals surface area contributed by atoms with Gasteiger partial charge in [0.15, 0.2) is 0 Å². The molecule has 0 spiro atoms. The number of hydrogen-bond donors (Lipinski definition) is 7. The van der Waals surface area contributed by atoms with E-state index in [2.05, 4.69) is 20.9 Å². The molecule has 0 aliphatic carbocycles. The van der Waals surface area contributed by atoms with E-state index in [1.807, 2.05) is 38.1 Å². The molecule has 8 N–H and O–H groups in total. The zero-order valence-corrected chi connectivity index (χ0v) is 21.1. The number of para-hydroxylation sites is 1. The Morgan fingerprint density at radius 3 is 2.08 bits per heavy atom. The Hall–Kier alpha value is -3.44. The minimum Gasteiger partial charge on any atom is -0.480 e. The second kappa shape index (κ2) is 13.0. The Labute approximate surface area is 210 Å². The van der Waals surface area contributed by atoms with Crippen molar-refractivity contribution in [3.05, 3.63) is 36.0 Å². The number of carbonyl (C=O) groups is 4. The molecule has 0 fully saturated rings. The van der Waals surface area contributed by atoms with Gasteiger partial charge < -0.3 is 36.9 Å². The van der Waals surface area contributed by atoms with Crippen LogP contribution in [0.4, 0.5) is 0 Å². The van der Waals surface area contributed by atoms with Gasteiger partial charge >= 0.3 is 5.97 Å². The molecular formula is C25H37N5O6. The van der Waals surface area contributed by atoms with Crippen LogP contribution in [-0.4, -0.2) is 69.7 Å². The maximum absolute atomic E-state index is 13.3. The minimum atomic E-state index is -1.53. The summed E-state index contributed by atoms with van der Waals surface area (Å²) in [5.74, 6) is -3.35. The van der Waals surface area contributed by atoms with Crippen LogP contribution in [0.25, 0.3) is 10.9 Å². The summed E-state index contributed by atoms with van der Waals surface area (Å²) in [5.41, 5.74) is 7.51. The van der Waals surface area contributed by atoms with Crippen molar-refractivity contribution in [1.29, 1.82) is 0 Å². The predicted molar refractivity (Wildman–Crippen MR) is 135 cm³/mol. The van der Waals surface area contributed by atoms with Gasteiger partial charge in [0.25, 0.3) is 0 Å². The SMILES string of the molecule is CC(C)CC(NC(=O)C(N)C(C)C)C(=O)NC(Cc1c[nH]c2ccccc12)C(=O)NC(CO)C(=O)O. The number of fused-ring (bicyclic) bond motifs is 1. The van der Waals surface area contributed by atoms with Gasteiger partial charge in [-0.25, -0.2) is 4.79 Å². The number of aromatic amines is 1. The Kier molecular flexibility index (Phi) is 10.4. The van der Waals surface area contributed by atoms with Gasteiger partial charge in [-0.2, -0.15) is 0 Å². The molecule has 0 aliphatic heterocycles. The second-order valence-electron chi connectivity index (χ2n) is 9.67. The van der Waals surface area contributed by atoms with Crippen LogP contribution in [-0.2, 0) is 25.6 Å². The van der Waals surface area contributed by atoms with E-state index in [0.717, 1.165) is 16.5 Å². The molecule has 0 radical (unpaired) electrons. The molecule has 11 heteroatoms. The number of carboxylic acid groups (broad SMARTS) is 1. The Morgan fingerprint density at radius 1 is 0.917 bits per heavy atom. The summed E-state index contributed by atoms with van der Waals surface area (Å²) in [6.45, 7) is 6.56. The number of nitrogens with two attached hydrogens (primary N) is 1. The van der Waals surface area contributed by atoms with E-state index in [0.29, 0.717) is 6.42 Å². The van der Waals surface area contributed by atoms with Gasteiger partial charge in [0.2, 0.25) is 17.7 Å². The van der Waals surface area contributed by atoms with Gasteiger partial charge in [-0.15, -0.1) is 0 Å². The topological polar surface area (TPSA) is 187 Å². The van der Waals surface area contributed by atoms with Crippen LogP contribution >= 0.6 is 0 Å². The van der Waals surface area contributed by atoms with Gasteiger partial charge in [-0.3, -0.25) is 14.4 Å². The van der Waals surface area contributed by atoms with Crippen LogP contribution in [0.1, 0.15) is 39.7 Å². The second-order valence-corrected chi connectivity index (χ2v) is 9.67. The van der Waals surface area contributed by atoms with Crippen molar-refractivity contribution >= 4 is 34.6 Å². The number of hydrogen-bond acceptors (Lipinski definition) is 6. The standard InChI is InChI=1S/C25H37N5O6/c1-13(2)9-18(29-24(34)21(26)14(3)4)22(32)28-19(23(33)30-20(12-31)25(35)36)10-15-11-27-17-8-6-5-7-16(15)17/h5-8,11,13-14,18-21,27,31H,9-10,12,26H2,1-4H3,(H,28,32)(H,29,34)(H,30,33)(H,35,36). The molecule has 1 aromatic heterocycles. The van der Waals surface area contributed by atoms with E-state index in [9.17, 15) is 29.4 Å². The Bertz CT molecular complexity index is 1070. The lowest BCUT2D eigenvalue weighted by Gasteiger charge is -2.26. The first kappa shape index (κ1) is 28.8. The maximum atomic E-state index is 13.3. The number of carboxylic acids is 1. The monoisotopic (exact) mass is 503 g/mol. The first-order valence-corrected chi connectivity index (χ1v) is 12.0. The molecule has 11 nitrogen and oxygen atoms in total. The van der Waals surface area contributed by atoms with Crippen molar-refractivity contribution in [3.63, 3.8) is 0 Å². The summed E-state index contributed by atoms with van der Waals surface area (Å²) >= 11 is 0. The molecule has 0 saturated carbocycles. The van der Waals surface area contributed by atoms with Gasteiger partial charge in [-0.1, -0.05) is 45.9 Å². The van der Waals surface area contributed by atoms with Gasteiger partial charge in [0.05, 0.1) is 12.6 Å². The average molecular weight is 504 g/mol. The highest BCUT2D eigenvalue weighted by Gasteiger charge is 2.31. The van der Waals surface area contributed by atoms with E-state index >= 15 is 0 Å². The number of carbonyl (C=O) groups excluding carboxylic acids is 3. The van der Waals surface area contributed by atoms with Crippen LogP contribution in [0.3, 0.4) is 0 Å². The summed E-state index contributed by atoms with van der Waals surface area (Å²) in [6, 6.07) is 2.96. The summed E-state index contributed by atoms with van der Waals surface area (Å²) in [5, 5.41) is 27.0. The number of aromatic nitrogens is 1. The average Bonchev–Trinajstić information content (AvgIpc) is 3.23. The van der Waals surface area contributed by atoms with Crippen molar-refractivity contribution in [1.82, 2.24) is 20.9 Å². The Balaban J connectivity index is 2.31. The van der Waals surface area contributed by atoms with Crippen molar-refractivity contribution < 1.29 is 29.4 Å². The summed E-state index contributed by atoms with van der Waals surface area (Å²) in [4.78, 5) is 53.4. The molecule has 0 bridgehead atoms. The van der Waals surface area contributed by atoms with Gasteiger partial charge in [0.1, 0.15) is 18.1 Å². The highest BCUT2D eigenvalue weighted by atomic mass is 16.4. The molecule has 2 aromatic rings. The number of amides is 3. The summed E-state index contributed by atoms with van der Waals surface area (Å²) in [6.07, 6.45) is 2.07. The number of rotatable bonds is 13. The molecule has 4 atom stereocenters. The van der Waals surface area contributed by atoms with E-state index in [4.69, 9.17) is 5.73 Å². The van der Waals surface area contributed by atoms with Crippen LogP contribution in [0, 0.1) is 11.8 Å². The fourth-order valence-electron chi connectivity index (χ4n) is 3.73. The molecular weight excluding hydrogens is 466 g/mol. The smallest absolute Gasteiger partial charge is 0.328 e. The van der Waals surface area contributed by atoms with E-state index < -0.39 is 54.5 Å². The summed E-state index contributed by atoms with van der Waals surface area (Å²) < 4.78 is 0. The third-order valence-corrected chi connectivity index (χ3v) is 5.89. The van der Waals surface area contributed by atoms with Crippen molar-refractivity contribution in [2.45, 2.75) is 64.7 Å². The van der Waals surface area contributed by atoms with E-state index in [1.54, 1.807) is 20.0 Å². The molecule has 1 heterocycles. The lowest BCUT2D eigenvalue weighted by Crippen LogP contribution is -2.58. The van der Waals surface area contributed by atoms with Crippen LogP contribution < -0.4 is 21.7 Å². The third kappa shape index (κ3) is 7.79. The number of H-pyrrole nitrogens is 1. The van der Waals surface area contributed by atoms with E-state index in [-0.39, 0.29) is 18.3 Å². The fourth-order valence-corrected chi connectivity index (χ4v) is 3.73. The molecule has 0 aliphatic rings. The highest BCUT2D eigenvalue weighted by molar-refractivity contribution is 5.95. The molecule has 2 rings (SSSR count). The highest BCUT2D eigenvalue weighted by Crippen LogP contribution is 2.19. The van der Waals surface area contributed by atoms with E-state index in [1.165, 1.54) is 0 Å². The van der Waals surface area contributed by atoms with Crippen LogP contribution in [0.2, 0.25) is 0 Å². The van der Waals surface area contributed by atoms with Crippen molar-refractivity contribution in [2.24, 2.45) is 17.6 Å². The molecule has 36 heavy (non-hydrogen) atoms. The first-order chi connectivity index (χ1) is 16.9. The zero-order valence-electron chi connectivity index (χ0n) is 21.1. The summed E-state index contributed by atoms with van der Waals surface area (Å²) in [7, 11) is 0. The fraction of sp³-hybridized carbons (Fsp3) is 0.520. The molecule has 198 valence electrons. The third-order valence-electron chi connectivity index (χ3n) is 5.89. The van der Waals surface area contributed by atoms with Crippen molar-refractivity contribution in [2.75, 3.05) is 6.61 Å². The number of aliphatic hydroxyl groups excluding tert-OH is 1. The molecule has 4 unspecified atom stereocenters. The maximum Gasteiger partial charge on any atom is 0.328 e. The first-order valence-electron chi connectivity index (χ1n) is 12.0. The van der Waals surface area contributed by atoms with Gasteiger partial charge in [0, 0.05) is 23.5 Å². The van der Waals surface area contributed by atoms with Gasteiger partial charge in [-0.05, 0) is 29.9 Å². The van der Waals surface area contributed by atoms with Crippen LogP contribution in [0.15, 0.2) is 30.5 Å². The molecule has 3 amide bonds. The minimum absolute atomic E-state index is 0.0444. The zero-order chi connectivity index (χ0) is 27.0. The number of benzene rings is 1. The molecule has 1 aromatic carbocycles. The largest absolute Gasteiger partial charge is 0.480 e. The number of nitrogens with one attached hydrogen (secondary N) is 4. The lowest BCUT2D eigenvalue weighted by atomic mass is 9.99. The van der Waals surface area contributed by atoms with Crippen LogP contribution in [0.5, 0.6) is 0 Å². The number of aliphatic carboxylic acids is 1.